The lowest BCUT2D eigenvalue weighted by Gasteiger charge is -2.24. The van der Waals surface area contributed by atoms with Gasteiger partial charge in [0, 0.05) is 0 Å². The molecule has 0 unspecified atom stereocenters. The van der Waals surface area contributed by atoms with E-state index in [1.165, 1.54) is 23.0 Å². The van der Waals surface area contributed by atoms with Gasteiger partial charge in [-0.05, 0) is 47.2 Å². The maximum atomic E-state index is 13.7. The van der Waals surface area contributed by atoms with E-state index >= 15 is 0 Å². The number of ether oxygens (including phenoxy) is 2. The van der Waals surface area contributed by atoms with E-state index in [1.54, 1.807) is 18.6 Å². The predicted molar refractivity (Wildman–Crippen MR) is 143 cm³/mol. The van der Waals surface area contributed by atoms with Gasteiger partial charge in [-0.3, -0.25) is 9.36 Å². The van der Waals surface area contributed by atoms with Crippen LogP contribution in [0.1, 0.15) is 50.4 Å². The van der Waals surface area contributed by atoms with Crippen LogP contribution in [-0.2, 0) is 14.9 Å². The maximum absolute atomic E-state index is 13.7. The van der Waals surface area contributed by atoms with Gasteiger partial charge in [-0.25, -0.2) is 9.79 Å². The molecule has 0 amide bonds. The number of rotatable bonds is 6. The molecule has 0 fully saturated rings. The van der Waals surface area contributed by atoms with Crippen molar-refractivity contribution in [1.82, 2.24) is 4.57 Å². The van der Waals surface area contributed by atoms with E-state index < -0.39 is 12.0 Å². The van der Waals surface area contributed by atoms with Gasteiger partial charge >= 0.3 is 5.97 Å². The van der Waals surface area contributed by atoms with Crippen LogP contribution in [0.2, 0.25) is 0 Å². The lowest BCUT2D eigenvalue weighted by atomic mass is 9.87. The van der Waals surface area contributed by atoms with Crippen LogP contribution in [-0.4, -0.2) is 24.3 Å². The number of hydrogen-bond acceptors (Lipinski definition) is 6. The minimum atomic E-state index is -0.671. The van der Waals surface area contributed by atoms with Gasteiger partial charge in [0.1, 0.15) is 12.4 Å². The van der Waals surface area contributed by atoms with Gasteiger partial charge < -0.3 is 9.47 Å². The summed E-state index contributed by atoms with van der Waals surface area (Å²) in [5, 5.41) is 0. The second kappa shape index (κ2) is 10.1. The van der Waals surface area contributed by atoms with Crippen LogP contribution in [0.15, 0.2) is 82.2 Å². The monoisotopic (exact) mass is 502 g/mol. The number of nitrogens with zero attached hydrogens (tertiary/aromatic N) is 2. The third-order valence-electron chi connectivity index (χ3n) is 6.08. The number of thiazole rings is 1. The third-order valence-corrected chi connectivity index (χ3v) is 7.06. The van der Waals surface area contributed by atoms with Gasteiger partial charge in [0.05, 0.1) is 29.0 Å². The van der Waals surface area contributed by atoms with Crippen molar-refractivity contribution in [2.24, 2.45) is 4.99 Å². The highest BCUT2D eigenvalue weighted by molar-refractivity contribution is 7.07. The lowest BCUT2D eigenvalue weighted by molar-refractivity contribution is -0.138. The summed E-state index contributed by atoms with van der Waals surface area (Å²) in [6.45, 7) is 12.0. The number of fused-ring (bicyclic) bond motifs is 1. The van der Waals surface area contributed by atoms with Crippen LogP contribution in [0.25, 0.3) is 6.08 Å². The molecule has 0 aliphatic carbocycles. The first kappa shape index (κ1) is 25.4. The van der Waals surface area contributed by atoms with E-state index in [0.717, 1.165) is 11.1 Å². The first-order valence-electron chi connectivity index (χ1n) is 11.7. The summed E-state index contributed by atoms with van der Waals surface area (Å²) in [5.74, 6) is 0.158. The number of methoxy groups -OCH3 is 1. The summed E-state index contributed by atoms with van der Waals surface area (Å²) in [6.07, 6.45) is 3.38. The van der Waals surface area contributed by atoms with E-state index in [0.29, 0.717) is 26.4 Å². The van der Waals surface area contributed by atoms with Crippen molar-refractivity contribution >= 4 is 23.4 Å². The van der Waals surface area contributed by atoms with Crippen LogP contribution in [0.5, 0.6) is 5.75 Å². The number of allylic oxidation sites excluding steroid dienone is 1. The minimum Gasteiger partial charge on any atom is -0.497 e. The Balaban J connectivity index is 1.87. The van der Waals surface area contributed by atoms with Crippen molar-refractivity contribution in [1.29, 1.82) is 0 Å². The van der Waals surface area contributed by atoms with Gasteiger partial charge in [-0.1, -0.05) is 81.2 Å². The first-order valence-corrected chi connectivity index (χ1v) is 12.5. The molecular formula is C29H30N2O4S. The Morgan fingerprint density at radius 2 is 1.81 bits per heavy atom. The minimum absolute atomic E-state index is 0.0460. The molecule has 3 aromatic rings. The molecule has 6 nitrogen and oxygen atoms in total. The zero-order valence-corrected chi connectivity index (χ0v) is 22.0. The molecule has 0 spiro atoms. The molecule has 1 aromatic heterocycles. The fourth-order valence-electron chi connectivity index (χ4n) is 4.13. The van der Waals surface area contributed by atoms with Crippen molar-refractivity contribution < 1.29 is 14.3 Å². The number of benzene rings is 2. The Morgan fingerprint density at radius 1 is 1.14 bits per heavy atom. The molecule has 0 N–H and O–H groups in total. The highest BCUT2D eigenvalue weighted by atomic mass is 32.1. The van der Waals surface area contributed by atoms with Gasteiger partial charge in [0.25, 0.3) is 5.56 Å². The second-order valence-electron chi connectivity index (χ2n) is 9.61. The molecule has 2 aromatic carbocycles. The summed E-state index contributed by atoms with van der Waals surface area (Å²) < 4.78 is 12.8. The standard InChI is InChI=1S/C29H30N2O4S/c1-7-16-35-27(33)24-18(2)30-28-31(25(24)20-10-14-22(34-6)15-11-20)26(32)23(36-28)17-19-8-12-21(13-9-19)29(3,4)5/h7-15,17,25H,1,16H2,2-6H3/b23-17-/t25-/m0/s1. The SMILES string of the molecule is C=CCOC(=O)C1=C(C)N=c2s/c(=C\c3ccc(C(C)(C)C)cc3)c(=O)n2[C@H]1c1ccc(OC)cc1. The molecule has 1 atom stereocenters. The van der Waals surface area contributed by atoms with Crippen LogP contribution in [0.4, 0.5) is 0 Å². The molecule has 0 saturated heterocycles. The van der Waals surface area contributed by atoms with Gasteiger partial charge in [0.15, 0.2) is 4.80 Å². The highest BCUT2D eigenvalue weighted by Gasteiger charge is 2.33. The van der Waals surface area contributed by atoms with E-state index in [-0.39, 0.29) is 17.6 Å². The van der Waals surface area contributed by atoms with Crippen LogP contribution < -0.4 is 19.6 Å². The van der Waals surface area contributed by atoms with Crippen molar-refractivity contribution in [3.05, 3.63) is 109 Å². The number of carbonyl (C=O) groups is 1. The van der Waals surface area contributed by atoms with E-state index in [9.17, 15) is 9.59 Å². The summed E-state index contributed by atoms with van der Waals surface area (Å²) in [7, 11) is 1.59. The molecule has 2 heterocycles. The van der Waals surface area contributed by atoms with Crippen LogP contribution in [0.3, 0.4) is 0 Å². The molecule has 4 rings (SSSR count). The highest BCUT2D eigenvalue weighted by Crippen LogP contribution is 2.31. The zero-order chi connectivity index (χ0) is 26.0. The second-order valence-corrected chi connectivity index (χ2v) is 10.6. The molecule has 0 radical (unpaired) electrons. The smallest absolute Gasteiger partial charge is 0.338 e. The van der Waals surface area contributed by atoms with Crippen molar-refractivity contribution in [3.63, 3.8) is 0 Å². The molecule has 0 bridgehead atoms. The fourth-order valence-corrected chi connectivity index (χ4v) is 5.17. The summed E-state index contributed by atoms with van der Waals surface area (Å²) in [5.41, 5.74) is 3.60. The topological polar surface area (TPSA) is 69.9 Å². The number of aromatic nitrogens is 1. The van der Waals surface area contributed by atoms with Gasteiger partial charge in [-0.2, -0.15) is 0 Å². The summed E-state index contributed by atoms with van der Waals surface area (Å²) in [6, 6.07) is 14.9. The average Bonchev–Trinajstić information content (AvgIpc) is 3.15. The zero-order valence-electron chi connectivity index (χ0n) is 21.2. The van der Waals surface area contributed by atoms with E-state index in [1.807, 2.05) is 42.5 Å². The fraction of sp³-hybridized carbons (Fsp3) is 0.276. The Bertz CT molecular complexity index is 1500. The number of esters is 1. The van der Waals surface area contributed by atoms with Gasteiger partial charge in [0.2, 0.25) is 0 Å². The normalized spacial score (nSPS) is 15.8. The molecule has 36 heavy (non-hydrogen) atoms. The largest absolute Gasteiger partial charge is 0.497 e. The van der Waals surface area contributed by atoms with Crippen LogP contribution >= 0.6 is 11.3 Å². The number of carbonyl (C=O) groups excluding carboxylic acids is 1. The summed E-state index contributed by atoms with van der Waals surface area (Å²) in [4.78, 5) is 31.9. The van der Waals surface area contributed by atoms with Crippen molar-refractivity contribution in [2.45, 2.75) is 39.2 Å². The predicted octanol–water partition coefficient (Wildman–Crippen LogP) is 4.27. The van der Waals surface area contributed by atoms with Gasteiger partial charge in [-0.15, -0.1) is 0 Å². The number of hydrogen-bond donors (Lipinski definition) is 0. The molecule has 1 aliphatic rings. The molecule has 186 valence electrons. The van der Waals surface area contributed by atoms with E-state index in [2.05, 4.69) is 44.5 Å². The molecule has 1 aliphatic heterocycles. The first-order chi connectivity index (χ1) is 17.1. The lowest BCUT2D eigenvalue weighted by Crippen LogP contribution is -2.39. The Morgan fingerprint density at radius 3 is 2.39 bits per heavy atom. The van der Waals surface area contributed by atoms with E-state index in [4.69, 9.17) is 9.47 Å². The Kier molecular flexibility index (Phi) is 7.13. The van der Waals surface area contributed by atoms with Crippen LogP contribution in [0, 0.1) is 0 Å². The molecule has 0 saturated carbocycles. The van der Waals surface area contributed by atoms with Crippen molar-refractivity contribution in [2.75, 3.05) is 13.7 Å². The average molecular weight is 503 g/mol. The quantitative estimate of drug-likeness (QED) is 0.373. The third kappa shape index (κ3) is 4.97. The summed E-state index contributed by atoms with van der Waals surface area (Å²) >= 11 is 1.31. The molecular weight excluding hydrogens is 472 g/mol. The Hall–Kier alpha value is -3.71. The van der Waals surface area contributed by atoms with Crippen molar-refractivity contribution in [3.8, 4) is 5.75 Å². The Labute approximate surface area is 214 Å². The molecule has 7 heteroatoms. The maximum Gasteiger partial charge on any atom is 0.338 e.